The maximum Gasteiger partial charge on any atom is 0.230 e. The van der Waals surface area contributed by atoms with E-state index in [1.807, 2.05) is 0 Å². The molecule has 3 nitrogen and oxygen atoms in total. The summed E-state index contributed by atoms with van der Waals surface area (Å²) in [6, 6.07) is 0. The van der Waals surface area contributed by atoms with E-state index in [2.05, 4.69) is 0 Å². The predicted molar refractivity (Wildman–Crippen MR) is 60.2 cm³/mol. The van der Waals surface area contributed by atoms with Crippen LogP contribution in [0.25, 0.3) is 0 Å². The predicted octanol–water partition coefficient (Wildman–Crippen LogP) is 1.91. The number of nitrogen functional groups attached to an aromatic ring is 2. The van der Waals surface area contributed by atoms with Crippen LogP contribution in [0.5, 0.6) is 0 Å². The minimum absolute atomic E-state index is 0.170. The first-order chi connectivity index (χ1) is 6.68. The summed E-state index contributed by atoms with van der Waals surface area (Å²) in [5, 5.41) is 9.41. The molecule has 0 aliphatic heterocycles. The fraction of sp³-hybridized carbons (Fsp3) is 0.455. The summed E-state index contributed by atoms with van der Waals surface area (Å²) >= 11 is 0. The van der Waals surface area contributed by atoms with E-state index >= 15 is 0 Å². The van der Waals surface area contributed by atoms with E-state index in [0.29, 0.717) is 22.5 Å². The molecule has 0 saturated carbocycles. The molecule has 0 spiro atoms. The van der Waals surface area contributed by atoms with Crippen LogP contribution in [0.4, 0.5) is 15.8 Å². The topological polar surface area (TPSA) is 72.3 Å². The standard InChI is InChI=1S/C11H17FN2O/c1-5-8(11(4,12)15)6(2)10(14)7(3)9(5)13/h15H,13-14H2,1-4H3. The zero-order valence-electron chi connectivity index (χ0n) is 9.48. The number of halogens is 1. The molecular formula is C11H17FN2O. The number of benzene rings is 1. The van der Waals surface area contributed by atoms with Crippen molar-refractivity contribution >= 4 is 11.4 Å². The summed E-state index contributed by atoms with van der Waals surface area (Å²) in [6.07, 6.45) is 0. The van der Waals surface area contributed by atoms with Gasteiger partial charge in [0.1, 0.15) is 0 Å². The third-order valence-electron chi connectivity index (χ3n) is 2.82. The molecule has 0 radical (unpaired) electrons. The van der Waals surface area contributed by atoms with Gasteiger partial charge < -0.3 is 16.6 Å². The number of aliphatic hydroxyl groups is 1. The van der Waals surface area contributed by atoms with Crippen molar-refractivity contribution in [2.24, 2.45) is 0 Å². The van der Waals surface area contributed by atoms with Gasteiger partial charge in [-0.1, -0.05) is 0 Å². The molecule has 0 aliphatic carbocycles. The van der Waals surface area contributed by atoms with E-state index < -0.39 is 5.85 Å². The molecule has 84 valence electrons. The second-order valence-corrected chi connectivity index (χ2v) is 4.03. The van der Waals surface area contributed by atoms with Crippen molar-refractivity contribution in [2.75, 3.05) is 11.5 Å². The van der Waals surface area contributed by atoms with Crippen molar-refractivity contribution in [2.45, 2.75) is 33.5 Å². The Hall–Kier alpha value is -1.29. The molecule has 0 aliphatic rings. The summed E-state index contributed by atoms with van der Waals surface area (Å²) in [5.41, 5.74) is 14.5. The average Bonchev–Trinajstić information content (AvgIpc) is 2.09. The van der Waals surface area contributed by atoms with Gasteiger partial charge in [0, 0.05) is 16.9 Å². The fourth-order valence-corrected chi connectivity index (χ4v) is 1.94. The van der Waals surface area contributed by atoms with Gasteiger partial charge in [-0.15, -0.1) is 0 Å². The van der Waals surface area contributed by atoms with Gasteiger partial charge in [-0.25, -0.2) is 4.39 Å². The summed E-state index contributed by atoms with van der Waals surface area (Å²) in [7, 11) is 0. The van der Waals surface area contributed by atoms with Gasteiger partial charge in [-0.3, -0.25) is 0 Å². The summed E-state index contributed by atoms with van der Waals surface area (Å²) in [6.45, 7) is 6.22. The molecule has 1 rings (SSSR count). The Morgan fingerprint density at radius 2 is 1.33 bits per heavy atom. The highest BCUT2D eigenvalue weighted by Gasteiger charge is 2.29. The van der Waals surface area contributed by atoms with Crippen LogP contribution >= 0.6 is 0 Å². The van der Waals surface area contributed by atoms with E-state index in [1.165, 1.54) is 0 Å². The highest BCUT2D eigenvalue weighted by atomic mass is 19.2. The Labute approximate surface area is 88.9 Å². The van der Waals surface area contributed by atoms with Crippen LogP contribution in [-0.4, -0.2) is 5.11 Å². The maximum atomic E-state index is 13.6. The number of hydrogen-bond acceptors (Lipinski definition) is 3. The molecule has 0 heterocycles. The Kier molecular flexibility index (Phi) is 2.65. The van der Waals surface area contributed by atoms with Crippen molar-refractivity contribution in [3.8, 4) is 0 Å². The molecule has 1 unspecified atom stereocenters. The van der Waals surface area contributed by atoms with Crippen LogP contribution in [0.3, 0.4) is 0 Å². The first-order valence-electron chi connectivity index (χ1n) is 4.74. The molecule has 5 N–H and O–H groups in total. The van der Waals surface area contributed by atoms with Gasteiger partial charge in [0.15, 0.2) is 0 Å². The lowest BCUT2D eigenvalue weighted by atomic mass is 9.91. The molecule has 4 heteroatoms. The quantitative estimate of drug-likeness (QED) is 0.623. The Morgan fingerprint density at radius 3 is 1.60 bits per heavy atom. The minimum Gasteiger partial charge on any atom is -0.398 e. The second kappa shape index (κ2) is 3.38. The third-order valence-corrected chi connectivity index (χ3v) is 2.82. The van der Waals surface area contributed by atoms with Crippen molar-refractivity contribution < 1.29 is 9.50 Å². The van der Waals surface area contributed by atoms with Crippen molar-refractivity contribution in [1.29, 1.82) is 0 Å². The third kappa shape index (κ3) is 1.77. The zero-order chi connectivity index (χ0) is 12.0. The molecular weight excluding hydrogens is 195 g/mol. The summed E-state index contributed by atoms with van der Waals surface area (Å²) in [4.78, 5) is 0. The highest BCUT2D eigenvalue weighted by Crippen LogP contribution is 2.37. The van der Waals surface area contributed by atoms with Crippen molar-refractivity contribution in [3.05, 3.63) is 22.3 Å². The van der Waals surface area contributed by atoms with Crippen LogP contribution in [0.15, 0.2) is 0 Å². The maximum absolute atomic E-state index is 13.6. The Morgan fingerprint density at radius 1 is 1.00 bits per heavy atom. The van der Waals surface area contributed by atoms with Gasteiger partial charge in [0.2, 0.25) is 5.85 Å². The first-order valence-corrected chi connectivity index (χ1v) is 4.74. The molecule has 1 aromatic carbocycles. The lowest BCUT2D eigenvalue weighted by Gasteiger charge is -2.23. The van der Waals surface area contributed by atoms with E-state index in [9.17, 15) is 9.50 Å². The largest absolute Gasteiger partial charge is 0.398 e. The SMILES string of the molecule is Cc1c(N)c(C)c(C(C)(O)F)c(C)c1N. The van der Waals surface area contributed by atoms with Gasteiger partial charge in [-0.05, 0) is 44.4 Å². The average molecular weight is 212 g/mol. The number of nitrogens with two attached hydrogens (primary N) is 2. The van der Waals surface area contributed by atoms with Gasteiger partial charge in [-0.2, -0.15) is 0 Å². The zero-order valence-corrected chi connectivity index (χ0v) is 9.48. The van der Waals surface area contributed by atoms with Crippen LogP contribution in [0.1, 0.15) is 29.2 Å². The van der Waals surface area contributed by atoms with Gasteiger partial charge in [0.25, 0.3) is 0 Å². The van der Waals surface area contributed by atoms with Crippen LogP contribution in [0, 0.1) is 20.8 Å². The normalized spacial score (nSPS) is 15.1. The van der Waals surface area contributed by atoms with Gasteiger partial charge in [0.05, 0.1) is 0 Å². The summed E-state index contributed by atoms with van der Waals surface area (Å²) < 4.78 is 13.6. The molecule has 1 atom stereocenters. The smallest absolute Gasteiger partial charge is 0.230 e. The van der Waals surface area contributed by atoms with Crippen molar-refractivity contribution in [3.63, 3.8) is 0 Å². The molecule has 0 amide bonds. The van der Waals surface area contributed by atoms with Gasteiger partial charge >= 0.3 is 0 Å². The van der Waals surface area contributed by atoms with Crippen LogP contribution in [-0.2, 0) is 5.85 Å². The summed E-state index contributed by atoms with van der Waals surface area (Å²) in [5.74, 6) is -2.41. The molecule has 1 aromatic rings. The van der Waals surface area contributed by atoms with Crippen LogP contribution in [0.2, 0.25) is 0 Å². The second-order valence-electron chi connectivity index (χ2n) is 4.03. The number of anilines is 2. The first kappa shape index (κ1) is 11.8. The lowest BCUT2D eigenvalue weighted by molar-refractivity contribution is -0.0777. The molecule has 0 aromatic heterocycles. The van der Waals surface area contributed by atoms with Crippen LogP contribution < -0.4 is 11.5 Å². The van der Waals surface area contributed by atoms with E-state index in [4.69, 9.17) is 11.5 Å². The van der Waals surface area contributed by atoms with E-state index in [0.717, 1.165) is 12.5 Å². The number of alkyl halides is 1. The Balaban J connectivity index is 3.68. The highest BCUT2D eigenvalue weighted by molar-refractivity contribution is 5.71. The molecule has 15 heavy (non-hydrogen) atoms. The van der Waals surface area contributed by atoms with E-state index in [-0.39, 0.29) is 5.56 Å². The van der Waals surface area contributed by atoms with E-state index in [1.54, 1.807) is 20.8 Å². The monoisotopic (exact) mass is 212 g/mol. The fourth-order valence-electron chi connectivity index (χ4n) is 1.94. The lowest BCUT2D eigenvalue weighted by Crippen LogP contribution is -2.20. The number of rotatable bonds is 1. The Bertz CT molecular complexity index is 379. The molecule has 0 bridgehead atoms. The molecule has 0 fully saturated rings. The molecule has 0 saturated heterocycles. The minimum atomic E-state index is -2.41. The van der Waals surface area contributed by atoms with Crippen molar-refractivity contribution in [1.82, 2.24) is 0 Å². The number of hydrogen-bond donors (Lipinski definition) is 3.